The zero-order valence-electron chi connectivity index (χ0n) is 6.44. The minimum absolute atomic E-state index is 0.0644. The number of carbonyl (C=O) groups is 2. The fraction of sp³-hybridized carbons (Fsp3) is 0. The molecule has 0 radical (unpaired) electrons. The number of hydrogen-bond donors (Lipinski definition) is 0. The highest BCUT2D eigenvalue weighted by Gasteiger charge is 2.37. The van der Waals surface area contributed by atoms with E-state index in [9.17, 15) is 18.4 Å². The van der Waals surface area contributed by atoms with Crippen molar-refractivity contribution in [1.82, 2.24) is 0 Å². The number of hydrogen-bond acceptors (Lipinski definition) is 3. The zero-order chi connectivity index (χ0) is 10.5. The largest absolute Gasteiger partial charge is 0.385 e. The summed E-state index contributed by atoms with van der Waals surface area (Å²) >= 11 is 1.53. The average Bonchev–Trinajstić information content (AvgIpc) is 2.38. The summed E-state index contributed by atoms with van der Waals surface area (Å²) in [5.41, 5.74) is -1.23. The lowest BCUT2D eigenvalue weighted by Crippen LogP contribution is -2.02. The van der Waals surface area contributed by atoms with Gasteiger partial charge in [-0.3, -0.25) is 0 Å². The van der Waals surface area contributed by atoms with E-state index >= 15 is 0 Å². The van der Waals surface area contributed by atoms with Gasteiger partial charge in [0.2, 0.25) is 0 Å². The fourth-order valence-corrected chi connectivity index (χ4v) is 1.72. The Labute approximate surface area is 90.2 Å². The molecule has 14 heavy (non-hydrogen) atoms. The van der Waals surface area contributed by atoms with Crippen LogP contribution in [0.3, 0.4) is 0 Å². The monoisotopic (exact) mass is 310 g/mol. The molecule has 72 valence electrons. The van der Waals surface area contributed by atoms with Crippen LogP contribution in [0.25, 0.3) is 0 Å². The number of rotatable bonds is 0. The van der Waals surface area contributed by atoms with Gasteiger partial charge in [0.05, 0.1) is 3.57 Å². The lowest BCUT2D eigenvalue weighted by molar-refractivity contribution is 0.0441. The second-order valence-corrected chi connectivity index (χ2v) is 3.74. The van der Waals surface area contributed by atoms with Crippen LogP contribution in [-0.4, -0.2) is 11.9 Å². The quantitative estimate of drug-likeness (QED) is 0.318. The molecule has 0 fully saturated rings. The fourth-order valence-electron chi connectivity index (χ4n) is 1.17. The van der Waals surface area contributed by atoms with E-state index in [2.05, 4.69) is 4.74 Å². The Hall–Kier alpha value is -1.05. The molecule has 1 aromatic rings. The number of benzene rings is 1. The van der Waals surface area contributed by atoms with Crippen molar-refractivity contribution in [1.29, 1.82) is 0 Å². The van der Waals surface area contributed by atoms with Gasteiger partial charge in [0.25, 0.3) is 0 Å². The van der Waals surface area contributed by atoms with Crippen LogP contribution in [0.2, 0.25) is 0 Å². The molecule has 1 aliphatic rings. The maximum atomic E-state index is 13.3. The molecule has 0 aliphatic carbocycles. The number of carbonyl (C=O) groups excluding carboxylic acids is 2. The van der Waals surface area contributed by atoms with Gasteiger partial charge in [0.1, 0.15) is 16.9 Å². The molecule has 0 amide bonds. The molecule has 1 aromatic carbocycles. The van der Waals surface area contributed by atoms with Crippen LogP contribution in [0, 0.1) is 15.2 Å². The van der Waals surface area contributed by atoms with Crippen LogP contribution in [0.15, 0.2) is 6.07 Å². The van der Waals surface area contributed by atoms with E-state index in [4.69, 9.17) is 0 Å². The molecule has 1 aliphatic heterocycles. The molecule has 1 heterocycles. The number of fused-ring (bicyclic) bond motifs is 1. The van der Waals surface area contributed by atoms with Crippen LogP contribution < -0.4 is 0 Å². The molecular formula is C8HF2IO3. The van der Waals surface area contributed by atoms with Crippen molar-refractivity contribution in [2.75, 3.05) is 0 Å². The number of halogens is 3. The van der Waals surface area contributed by atoms with Crippen LogP contribution in [0.4, 0.5) is 8.78 Å². The zero-order valence-corrected chi connectivity index (χ0v) is 8.59. The summed E-state index contributed by atoms with van der Waals surface area (Å²) < 4.78 is 30.4. The van der Waals surface area contributed by atoms with Gasteiger partial charge in [-0.25, -0.2) is 18.4 Å². The van der Waals surface area contributed by atoms with E-state index in [1.165, 1.54) is 22.6 Å². The van der Waals surface area contributed by atoms with Gasteiger partial charge in [-0.15, -0.1) is 0 Å². The summed E-state index contributed by atoms with van der Waals surface area (Å²) in [6.45, 7) is 0. The number of cyclic esters (lactones) is 2. The molecule has 3 nitrogen and oxygen atoms in total. The van der Waals surface area contributed by atoms with Crippen LogP contribution >= 0.6 is 22.6 Å². The maximum absolute atomic E-state index is 13.3. The van der Waals surface area contributed by atoms with Crippen molar-refractivity contribution in [3.05, 3.63) is 32.4 Å². The van der Waals surface area contributed by atoms with Gasteiger partial charge in [0.15, 0.2) is 5.82 Å². The first kappa shape index (κ1) is 9.50. The van der Waals surface area contributed by atoms with Gasteiger partial charge >= 0.3 is 11.9 Å². The van der Waals surface area contributed by atoms with Gasteiger partial charge in [0, 0.05) is 0 Å². The van der Waals surface area contributed by atoms with Gasteiger partial charge in [-0.05, 0) is 28.7 Å². The van der Waals surface area contributed by atoms with E-state index in [0.717, 1.165) is 6.07 Å². The first-order valence-electron chi connectivity index (χ1n) is 3.46. The molecule has 0 spiro atoms. The van der Waals surface area contributed by atoms with Crippen molar-refractivity contribution in [2.24, 2.45) is 0 Å². The first-order chi connectivity index (χ1) is 6.52. The lowest BCUT2D eigenvalue weighted by Gasteiger charge is -1.98. The minimum atomic E-state index is -1.14. The number of ether oxygens (including phenoxy) is 1. The smallest absolute Gasteiger partial charge is 0.350 e. The van der Waals surface area contributed by atoms with Crippen LogP contribution in [-0.2, 0) is 4.74 Å². The third-order valence-electron chi connectivity index (χ3n) is 1.77. The summed E-state index contributed by atoms with van der Waals surface area (Å²) in [7, 11) is 0. The van der Waals surface area contributed by atoms with E-state index in [0.29, 0.717) is 0 Å². The average molecular weight is 310 g/mol. The summed E-state index contributed by atoms with van der Waals surface area (Å²) in [6, 6.07) is 0.842. The maximum Gasteiger partial charge on any atom is 0.350 e. The third-order valence-corrected chi connectivity index (χ3v) is 2.55. The molecule has 0 unspecified atom stereocenters. The highest BCUT2D eigenvalue weighted by Crippen LogP contribution is 2.28. The summed E-state index contributed by atoms with van der Waals surface area (Å²) in [5, 5.41) is 0. The SMILES string of the molecule is O=C1OC(=O)c2c(F)c(I)cc(F)c21. The van der Waals surface area contributed by atoms with Crippen molar-refractivity contribution < 1.29 is 23.1 Å². The standard InChI is InChI=1S/C8HF2IO3/c9-2-1-3(11)6(10)5-4(2)7(12)14-8(5)13/h1H. The molecule has 6 heteroatoms. The predicted octanol–water partition coefficient (Wildman–Crippen LogP) is 1.88. The molecule has 0 atom stereocenters. The van der Waals surface area contributed by atoms with E-state index in [1.54, 1.807) is 0 Å². The second-order valence-electron chi connectivity index (χ2n) is 2.58. The minimum Gasteiger partial charge on any atom is -0.385 e. The van der Waals surface area contributed by atoms with Crippen molar-refractivity contribution >= 4 is 34.5 Å². The van der Waals surface area contributed by atoms with Crippen molar-refractivity contribution in [3.8, 4) is 0 Å². The summed E-state index contributed by atoms with van der Waals surface area (Å²) in [4.78, 5) is 21.9. The lowest BCUT2D eigenvalue weighted by atomic mass is 10.1. The first-order valence-corrected chi connectivity index (χ1v) is 4.54. The van der Waals surface area contributed by atoms with Crippen LogP contribution in [0.1, 0.15) is 20.7 Å². The Balaban J connectivity index is 2.86. The normalized spacial score (nSPS) is 14.2. The molecule has 0 aromatic heterocycles. The van der Waals surface area contributed by atoms with Gasteiger partial charge < -0.3 is 4.74 Å². The van der Waals surface area contributed by atoms with E-state index in [1.807, 2.05) is 0 Å². The Morgan fingerprint density at radius 1 is 1.14 bits per heavy atom. The van der Waals surface area contributed by atoms with Crippen molar-refractivity contribution in [3.63, 3.8) is 0 Å². The highest BCUT2D eigenvalue weighted by molar-refractivity contribution is 14.1. The summed E-state index contributed by atoms with van der Waals surface area (Å²) in [6.07, 6.45) is 0. The molecule has 2 rings (SSSR count). The Kier molecular flexibility index (Phi) is 2.02. The topological polar surface area (TPSA) is 43.4 Å². The third kappa shape index (κ3) is 1.13. The number of esters is 2. The highest BCUT2D eigenvalue weighted by atomic mass is 127. The second kappa shape index (κ2) is 2.97. The molecule has 0 N–H and O–H groups in total. The van der Waals surface area contributed by atoms with E-state index in [-0.39, 0.29) is 3.57 Å². The van der Waals surface area contributed by atoms with Crippen molar-refractivity contribution in [2.45, 2.75) is 0 Å². The molecule has 0 saturated heterocycles. The Morgan fingerprint density at radius 3 is 2.36 bits per heavy atom. The predicted molar refractivity (Wildman–Crippen MR) is 48.8 cm³/mol. The Bertz CT molecular complexity index is 470. The summed E-state index contributed by atoms with van der Waals surface area (Å²) in [5.74, 6) is -4.14. The van der Waals surface area contributed by atoms with Gasteiger partial charge in [-0.2, -0.15) is 0 Å². The van der Waals surface area contributed by atoms with Gasteiger partial charge in [-0.1, -0.05) is 0 Å². The van der Waals surface area contributed by atoms with Crippen LogP contribution in [0.5, 0.6) is 0 Å². The van der Waals surface area contributed by atoms with E-state index < -0.39 is 34.7 Å². The molecule has 0 bridgehead atoms. The Morgan fingerprint density at radius 2 is 1.71 bits per heavy atom. The molecular weight excluding hydrogens is 309 g/mol. The molecule has 0 saturated carbocycles.